The Bertz CT molecular complexity index is 752. The molecule has 0 saturated heterocycles. The summed E-state index contributed by atoms with van der Waals surface area (Å²) in [6.45, 7) is 6.98. The number of thiophene rings is 1. The van der Waals surface area contributed by atoms with Crippen LogP contribution in [0.25, 0.3) is 0 Å². The molecule has 0 N–H and O–H groups in total. The van der Waals surface area contributed by atoms with Crippen molar-refractivity contribution in [2.24, 2.45) is 0 Å². The highest BCUT2D eigenvalue weighted by Gasteiger charge is 2.30. The summed E-state index contributed by atoms with van der Waals surface area (Å²) in [5.74, 6) is 2.39. The lowest BCUT2D eigenvalue weighted by Crippen LogP contribution is -2.39. The molecule has 2 aliphatic rings. The molecule has 0 spiro atoms. The minimum Gasteiger partial charge on any atom is -0.372 e. The molecule has 1 atom stereocenters. The van der Waals surface area contributed by atoms with Crippen LogP contribution in [-0.2, 0) is 29.0 Å². The van der Waals surface area contributed by atoms with E-state index in [0.29, 0.717) is 32.0 Å². The van der Waals surface area contributed by atoms with Crippen LogP contribution in [-0.4, -0.2) is 38.7 Å². The van der Waals surface area contributed by atoms with Crippen molar-refractivity contribution >= 4 is 17.2 Å². The Balaban J connectivity index is 1.45. The number of fused-ring (bicyclic) bond motifs is 2. The van der Waals surface area contributed by atoms with Crippen LogP contribution < -0.4 is 0 Å². The number of carbonyl (C=O) groups excluding carboxylic acids is 1. The number of carbonyl (C=O) groups is 1. The van der Waals surface area contributed by atoms with Crippen molar-refractivity contribution < 1.29 is 9.53 Å². The number of nitrogens with zero attached hydrogens (tertiary/aromatic N) is 4. The third kappa shape index (κ3) is 2.75. The van der Waals surface area contributed by atoms with Crippen LogP contribution in [0.15, 0.2) is 11.4 Å². The number of ether oxygens (including phenoxy) is 1. The summed E-state index contributed by atoms with van der Waals surface area (Å²) >= 11 is 1.70. The lowest BCUT2D eigenvalue weighted by atomic mass is 10.0. The molecular weight excluding hydrogens is 324 g/mol. The van der Waals surface area contributed by atoms with Gasteiger partial charge in [0.05, 0.1) is 19.6 Å². The van der Waals surface area contributed by atoms with E-state index in [0.717, 1.165) is 24.6 Å². The third-order valence-electron chi connectivity index (χ3n) is 4.77. The van der Waals surface area contributed by atoms with Gasteiger partial charge in [0, 0.05) is 23.9 Å². The largest absolute Gasteiger partial charge is 0.372 e. The predicted octanol–water partition coefficient (Wildman–Crippen LogP) is 2.51. The van der Waals surface area contributed by atoms with E-state index in [1.54, 1.807) is 11.3 Å². The normalized spacial score (nSPS) is 20.1. The lowest BCUT2D eigenvalue weighted by molar-refractivity contribution is -0.136. The summed E-state index contributed by atoms with van der Waals surface area (Å²) in [6, 6.07) is 2.15. The second-order valence-electron chi connectivity index (χ2n) is 6.72. The molecule has 2 aromatic rings. The number of hydrogen-bond donors (Lipinski definition) is 0. The second-order valence-corrected chi connectivity index (χ2v) is 7.67. The Hall–Kier alpha value is -1.73. The smallest absolute Gasteiger partial charge is 0.226 e. The maximum absolute atomic E-state index is 12.7. The van der Waals surface area contributed by atoms with E-state index in [9.17, 15) is 4.79 Å². The van der Waals surface area contributed by atoms with E-state index in [-0.39, 0.29) is 12.0 Å². The Morgan fingerprint density at radius 2 is 2.29 bits per heavy atom. The van der Waals surface area contributed by atoms with E-state index in [1.807, 2.05) is 4.90 Å². The molecule has 0 aromatic carbocycles. The summed E-state index contributed by atoms with van der Waals surface area (Å²) < 4.78 is 8.01. The fourth-order valence-corrected chi connectivity index (χ4v) is 4.49. The van der Waals surface area contributed by atoms with Crippen molar-refractivity contribution in [3.63, 3.8) is 0 Å². The van der Waals surface area contributed by atoms with Gasteiger partial charge in [-0.1, -0.05) is 13.8 Å². The average molecular weight is 346 g/mol. The van der Waals surface area contributed by atoms with Crippen LogP contribution in [0.1, 0.15) is 54.4 Å². The summed E-state index contributed by atoms with van der Waals surface area (Å²) in [4.78, 5) is 15.8. The molecule has 2 aliphatic heterocycles. The minimum atomic E-state index is -0.0905. The van der Waals surface area contributed by atoms with Crippen LogP contribution in [0, 0.1) is 0 Å². The predicted molar refractivity (Wildman–Crippen MR) is 90.9 cm³/mol. The quantitative estimate of drug-likeness (QED) is 0.857. The molecule has 0 radical (unpaired) electrons. The van der Waals surface area contributed by atoms with Crippen LogP contribution in [0.2, 0.25) is 0 Å². The van der Waals surface area contributed by atoms with Gasteiger partial charge in [-0.2, -0.15) is 0 Å². The summed E-state index contributed by atoms with van der Waals surface area (Å²) in [6.07, 6.45) is 1.28. The van der Waals surface area contributed by atoms with Crippen molar-refractivity contribution in [3.05, 3.63) is 33.5 Å². The summed E-state index contributed by atoms with van der Waals surface area (Å²) in [5.41, 5.74) is 1.34. The highest BCUT2D eigenvalue weighted by atomic mass is 32.1. The summed E-state index contributed by atoms with van der Waals surface area (Å²) in [7, 11) is 0. The average Bonchev–Trinajstić information content (AvgIpc) is 3.21. The van der Waals surface area contributed by atoms with E-state index in [4.69, 9.17) is 4.74 Å². The van der Waals surface area contributed by atoms with E-state index < -0.39 is 0 Å². The van der Waals surface area contributed by atoms with E-state index >= 15 is 0 Å². The van der Waals surface area contributed by atoms with Crippen molar-refractivity contribution in [1.29, 1.82) is 0 Å². The van der Waals surface area contributed by atoms with Gasteiger partial charge in [-0.25, -0.2) is 0 Å². The molecule has 0 unspecified atom stereocenters. The number of hydrogen-bond acceptors (Lipinski definition) is 5. The van der Waals surface area contributed by atoms with Gasteiger partial charge in [-0.3, -0.25) is 4.79 Å². The van der Waals surface area contributed by atoms with Gasteiger partial charge in [0.1, 0.15) is 11.9 Å². The molecule has 2 aromatic heterocycles. The topological polar surface area (TPSA) is 60.2 Å². The Morgan fingerprint density at radius 3 is 3.12 bits per heavy atom. The van der Waals surface area contributed by atoms with Crippen molar-refractivity contribution in [2.75, 3.05) is 13.2 Å². The fraction of sp³-hybridized carbons (Fsp3) is 0.588. The molecule has 128 valence electrons. The van der Waals surface area contributed by atoms with Crippen LogP contribution >= 0.6 is 11.3 Å². The molecular formula is C17H22N4O2S. The third-order valence-corrected chi connectivity index (χ3v) is 5.83. The zero-order chi connectivity index (χ0) is 16.7. The zero-order valence-corrected chi connectivity index (χ0v) is 14.9. The second kappa shape index (κ2) is 6.29. The van der Waals surface area contributed by atoms with Gasteiger partial charge in [0.2, 0.25) is 5.91 Å². The first kappa shape index (κ1) is 15.8. The maximum Gasteiger partial charge on any atom is 0.226 e. The fourth-order valence-electron chi connectivity index (χ4n) is 3.48. The van der Waals surface area contributed by atoms with Gasteiger partial charge in [-0.05, 0) is 23.4 Å². The molecule has 7 heteroatoms. The molecule has 6 nitrogen and oxygen atoms in total. The number of rotatable bonds is 3. The zero-order valence-electron chi connectivity index (χ0n) is 14.1. The first-order valence-electron chi connectivity index (χ1n) is 8.51. The van der Waals surface area contributed by atoms with Gasteiger partial charge >= 0.3 is 0 Å². The maximum atomic E-state index is 12.7. The van der Waals surface area contributed by atoms with Gasteiger partial charge in [0.15, 0.2) is 5.82 Å². The Labute approximate surface area is 145 Å². The van der Waals surface area contributed by atoms with Crippen LogP contribution in [0.4, 0.5) is 0 Å². The first-order valence-corrected chi connectivity index (χ1v) is 9.39. The molecule has 0 fully saturated rings. The minimum absolute atomic E-state index is 0.0905. The highest BCUT2D eigenvalue weighted by molar-refractivity contribution is 7.10. The number of aromatic nitrogens is 3. The standard InChI is InChI=1S/C17H22N4O2S/c1-11(2)17-19-18-14-10-20(5-6-21(14)17)15(22)9-13-16-12(3-7-23-13)4-8-24-16/h4,8,11,13H,3,5-7,9-10H2,1-2H3/t13-/m0/s1. The van der Waals surface area contributed by atoms with Crippen LogP contribution in [0.5, 0.6) is 0 Å². The highest BCUT2D eigenvalue weighted by Crippen LogP contribution is 2.34. The van der Waals surface area contributed by atoms with Crippen molar-refractivity contribution in [2.45, 2.75) is 51.8 Å². The van der Waals surface area contributed by atoms with Crippen LogP contribution in [0.3, 0.4) is 0 Å². The molecule has 0 aliphatic carbocycles. The molecule has 4 rings (SSSR count). The first-order chi connectivity index (χ1) is 11.6. The van der Waals surface area contributed by atoms with E-state index in [2.05, 4.69) is 40.1 Å². The molecule has 1 amide bonds. The van der Waals surface area contributed by atoms with E-state index in [1.165, 1.54) is 10.4 Å². The molecule has 0 saturated carbocycles. The van der Waals surface area contributed by atoms with Crippen molar-refractivity contribution in [1.82, 2.24) is 19.7 Å². The Morgan fingerprint density at radius 1 is 1.42 bits per heavy atom. The number of amides is 1. The van der Waals surface area contributed by atoms with Gasteiger partial charge in [-0.15, -0.1) is 21.5 Å². The lowest BCUT2D eigenvalue weighted by Gasteiger charge is -2.30. The molecule has 24 heavy (non-hydrogen) atoms. The monoisotopic (exact) mass is 346 g/mol. The summed E-state index contributed by atoms with van der Waals surface area (Å²) in [5, 5.41) is 10.6. The SMILES string of the molecule is CC(C)c1nnc2n1CCN(C(=O)C[C@@H]1OCCc3ccsc31)C2. The molecule has 4 heterocycles. The van der Waals surface area contributed by atoms with Gasteiger partial charge in [0.25, 0.3) is 0 Å². The molecule has 0 bridgehead atoms. The Kier molecular flexibility index (Phi) is 4.14. The van der Waals surface area contributed by atoms with Crippen molar-refractivity contribution in [3.8, 4) is 0 Å². The van der Waals surface area contributed by atoms with Gasteiger partial charge < -0.3 is 14.2 Å².